The van der Waals surface area contributed by atoms with Gasteiger partial charge in [-0.2, -0.15) is 0 Å². The van der Waals surface area contributed by atoms with Gasteiger partial charge in [0, 0.05) is 25.0 Å². The average Bonchev–Trinajstić information content (AvgIpc) is 2.76. The second-order valence-electron chi connectivity index (χ2n) is 7.15. The second-order valence-corrected chi connectivity index (χ2v) is 7.15. The SMILES string of the molecule is CCC1CCN(C(=O)C2CCCC2(C)C)C(CN)C1. The first-order chi connectivity index (χ1) is 8.99. The second kappa shape index (κ2) is 5.82. The zero-order valence-electron chi connectivity index (χ0n) is 12.8. The third kappa shape index (κ3) is 2.96. The van der Waals surface area contributed by atoms with Crippen LogP contribution in [0.2, 0.25) is 0 Å². The van der Waals surface area contributed by atoms with E-state index in [1.54, 1.807) is 0 Å². The van der Waals surface area contributed by atoms with Crippen LogP contribution in [0.4, 0.5) is 0 Å². The van der Waals surface area contributed by atoms with Gasteiger partial charge >= 0.3 is 0 Å². The molecule has 2 N–H and O–H groups in total. The van der Waals surface area contributed by atoms with Gasteiger partial charge in [0.05, 0.1) is 0 Å². The average molecular weight is 266 g/mol. The predicted octanol–water partition coefficient (Wildman–Crippen LogP) is 2.79. The van der Waals surface area contributed by atoms with Gasteiger partial charge in [-0.3, -0.25) is 4.79 Å². The third-order valence-electron chi connectivity index (χ3n) is 5.51. The van der Waals surface area contributed by atoms with Gasteiger partial charge in [-0.1, -0.05) is 33.6 Å². The Morgan fingerprint density at radius 1 is 1.37 bits per heavy atom. The van der Waals surface area contributed by atoms with Gasteiger partial charge in [-0.25, -0.2) is 0 Å². The highest BCUT2D eigenvalue weighted by atomic mass is 16.2. The summed E-state index contributed by atoms with van der Waals surface area (Å²) in [5, 5.41) is 0. The summed E-state index contributed by atoms with van der Waals surface area (Å²) < 4.78 is 0. The van der Waals surface area contributed by atoms with Crippen LogP contribution in [0, 0.1) is 17.3 Å². The van der Waals surface area contributed by atoms with Gasteiger partial charge in [0.15, 0.2) is 0 Å². The van der Waals surface area contributed by atoms with Gasteiger partial charge in [0.1, 0.15) is 0 Å². The number of carbonyl (C=O) groups excluding carboxylic acids is 1. The lowest BCUT2D eigenvalue weighted by Crippen LogP contribution is -2.52. The predicted molar refractivity (Wildman–Crippen MR) is 78.7 cm³/mol. The van der Waals surface area contributed by atoms with Crippen molar-refractivity contribution < 1.29 is 4.79 Å². The maximum absolute atomic E-state index is 12.9. The van der Waals surface area contributed by atoms with Crippen LogP contribution in [0.25, 0.3) is 0 Å². The highest BCUT2D eigenvalue weighted by Gasteiger charge is 2.43. The van der Waals surface area contributed by atoms with E-state index in [2.05, 4.69) is 25.7 Å². The van der Waals surface area contributed by atoms with Crippen LogP contribution in [-0.2, 0) is 4.79 Å². The number of hydrogen-bond donors (Lipinski definition) is 1. The number of carbonyl (C=O) groups is 1. The monoisotopic (exact) mass is 266 g/mol. The molecule has 1 saturated carbocycles. The molecule has 0 bridgehead atoms. The number of rotatable bonds is 3. The molecule has 3 nitrogen and oxygen atoms in total. The molecule has 1 saturated heterocycles. The minimum atomic E-state index is 0.178. The highest BCUT2D eigenvalue weighted by molar-refractivity contribution is 5.80. The zero-order chi connectivity index (χ0) is 14.0. The number of nitrogens with zero attached hydrogens (tertiary/aromatic N) is 1. The summed E-state index contributed by atoms with van der Waals surface area (Å²) in [5.74, 6) is 1.36. The lowest BCUT2D eigenvalue weighted by atomic mass is 9.79. The smallest absolute Gasteiger partial charge is 0.226 e. The molecule has 110 valence electrons. The summed E-state index contributed by atoms with van der Waals surface area (Å²) in [6.07, 6.45) is 6.92. The summed E-state index contributed by atoms with van der Waals surface area (Å²) in [4.78, 5) is 15.0. The molecule has 2 rings (SSSR count). The summed E-state index contributed by atoms with van der Waals surface area (Å²) in [6.45, 7) is 8.29. The molecule has 0 radical (unpaired) electrons. The molecular formula is C16H30N2O. The molecule has 2 aliphatic rings. The van der Waals surface area contributed by atoms with Crippen LogP contribution in [0.3, 0.4) is 0 Å². The van der Waals surface area contributed by atoms with Crippen molar-refractivity contribution in [1.82, 2.24) is 4.90 Å². The minimum Gasteiger partial charge on any atom is -0.338 e. The molecule has 3 unspecified atom stereocenters. The number of piperidine rings is 1. The molecule has 1 heterocycles. The number of nitrogens with two attached hydrogens (primary N) is 1. The van der Waals surface area contributed by atoms with Crippen LogP contribution in [0.5, 0.6) is 0 Å². The molecule has 19 heavy (non-hydrogen) atoms. The Hall–Kier alpha value is -0.570. The summed E-state index contributed by atoms with van der Waals surface area (Å²) in [7, 11) is 0. The minimum absolute atomic E-state index is 0.178. The molecule has 2 fully saturated rings. The maximum atomic E-state index is 12.9. The fourth-order valence-corrected chi connectivity index (χ4v) is 4.00. The van der Waals surface area contributed by atoms with Crippen LogP contribution in [-0.4, -0.2) is 29.9 Å². The van der Waals surface area contributed by atoms with Crippen molar-refractivity contribution >= 4 is 5.91 Å². The van der Waals surface area contributed by atoms with Crippen LogP contribution in [0.1, 0.15) is 59.3 Å². The maximum Gasteiger partial charge on any atom is 0.226 e. The van der Waals surface area contributed by atoms with Gasteiger partial charge in [-0.05, 0) is 37.0 Å². The van der Waals surface area contributed by atoms with Crippen LogP contribution in [0.15, 0.2) is 0 Å². The van der Waals surface area contributed by atoms with E-state index < -0.39 is 0 Å². The number of likely N-dealkylation sites (tertiary alicyclic amines) is 1. The summed E-state index contributed by atoms with van der Waals surface area (Å²) in [5.41, 5.74) is 6.10. The molecule has 0 spiro atoms. The van der Waals surface area contributed by atoms with Gasteiger partial charge in [-0.15, -0.1) is 0 Å². The molecule has 0 aromatic heterocycles. The number of amides is 1. The van der Waals surface area contributed by atoms with Crippen molar-refractivity contribution in [3.63, 3.8) is 0 Å². The first-order valence-corrected chi connectivity index (χ1v) is 8.00. The van der Waals surface area contributed by atoms with E-state index >= 15 is 0 Å². The molecule has 1 amide bonds. The lowest BCUT2D eigenvalue weighted by molar-refractivity contribution is -0.142. The Morgan fingerprint density at radius 2 is 2.11 bits per heavy atom. The number of hydrogen-bond acceptors (Lipinski definition) is 2. The van der Waals surface area contributed by atoms with Crippen molar-refractivity contribution in [2.24, 2.45) is 23.0 Å². The molecular weight excluding hydrogens is 236 g/mol. The van der Waals surface area contributed by atoms with E-state index in [9.17, 15) is 4.79 Å². The van der Waals surface area contributed by atoms with E-state index in [0.717, 1.165) is 31.7 Å². The van der Waals surface area contributed by atoms with Crippen molar-refractivity contribution in [3.05, 3.63) is 0 Å². The normalized spacial score (nSPS) is 34.5. The third-order valence-corrected chi connectivity index (χ3v) is 5.51. The van der Waals surface area contributed by atoms with Gasteiger partial charge in [0.2, 0.25) is 5.91 Å². The first-order valence-electron chi connectivity index (χ1n) is 8.00. The Labute approximate surface area is 117 Å². The summed E-state index contributed by atoms with van der Waals surface area (Å²) >= 11 is 0. The van der Waals surface area contributed by atoms with Gasteiger partial charge < -0.3 is 10.6 Å². The molecule has 0 aromatic carbocycles. The molecule has 0 aromatic rings. The van der Waals surface area contributed by atoms with Crippen molar-refractivity contribution in [2.45, 2.75) is 65.3 Å². The fraction of sp³-hybridized carbons (Fsp3) is 0.938. The first kappa shape index (κ1) is 14.8. The van der Waals surface area contributed by atoms with Crippen LogP contribution >= 0.6 is 0 Å². The topological polar surface area (TPSA) is 46.3 Å². The zero-order valence-corrected chi connectivity index (χ0v) is 12.8. The van der Waals surface area contributed by atoms with E-state index in [0.29, 0.717) is 12.5 Å². The molecule has 1 aliphatic carbocycles. The lowest BCUT2D eigenvalue weighted by Gasteiger charge is -2.42. The molecule has 3 heteroatoms. The quantitative estimate of drug-likeness (QED) is 0.854. The van der Waals surface area contributed by atoms with Crippen molar-refractivity contribution in [1.29, 1.82) is 0 Å². The van der Waals surface area contributed by atoms with Crippen LogP contribution < -0.4 is 5.73 Å². The van der Waals surface area contributed by atoms with E-state index in [1.165, 1.54) is 19.3 Å². The highest BCUT2D eigenvalue weighted by Crippen LogP contribution is 2.44. The Morgan fingerprint density at radius 3 is 2.63 bits per heavy atom. The van der Waals surface area contributed by atoms with Crippen molar-refractivity contribution in [2.75, 3.05) is 13.1 Å². The Balaban J connectivity index is 2.06. The van der Waals surface area contributed by atoms with Gasteiger partial charge in [0.25, 0.3) is 0 Å². The van der Waals surface area contributed by atoms with Crippen molar-refractivity contribution in [3.8, 4) is 0 Å². The molecule has 3 atom stereocenters. The summed E-state index contributed by atoms with van der Waals surface area (Å²) in [6, 6.07) is 0.280. The largest absolute Gasteiger partial charge is 0.338 e. The Bertz CT molecular complexity index is 327. The molecule has 1 aliphatic heterocycles. The Kier molecular flexibility index (Phi) is 4.54. The van der Waals surface area contributed by atoms with E-state index in [-0.39, 0.29) is 17.4 Å². The standard InChI is InChI=1S/C16H30N2O/c1-4-12-7-9-18(13(10-12)11-17)15(19)14-6-5-8-16(14,2)3/h12-14H,4-11,17H2,1-3H3. The van der Waals surface area contributed by atoms with E-state index in [1.807, 2.05) is 0 Å². The van der Waals surface area contributed by atoms with E-state index in [4.69, 9.17) is 5.73 Å². The fourth-order valence-electron chi connectivity index (χ4n) is 4.00.